The number of anilines is 1. The topological polar surface area (TPSA) is 49.3 Å². The van der Waals surface area contributed by atoms with Crippen molar-refractivity contribution in [3.05, 3.63) is 40.3 Å². The van der Waals surface area contributed by atoms with Crippen molar-refractivity contribution in [3.63, 3.8) is 0 Å². The highest BCUT2D eigenvalue weighted by Crippen LogP contribution is 2.23. The van der Waals surface area contributed by atoms with Crippen molar-refractivity contribution in [2.75, 3.05) is 17.7 Å². The fraction of sp³-hybridized carbons (Fsp3) is 0.250. The van der Waals surface area contributed by atoms with Gasteiger partial charge in [-0.15, -0.1) is 11.8 Å². The molecule has 0 atom stereocenters. The molecule has 0 unspecified atom stereocenters. The van der Waals surface area contributed by atoms with Gasteiger partial charge in [-0.3, -0.25) is 4.79 Å². The fourth-order valence-corrected chi connectivity index (χ4v) is 2.10. The fourth-order valence-electron chi connectivity index (χ4n) is 1.18. The minimum Gasteiger partial charge on any atom is -0.396 e. The first kappa shape index (κ1) is 14.1. The van der Waals surface area contributed by atoms with Gasteiger partial charge in [0, 0.05) is 16.5 Å². The highest BCUT2D eigenvalue weighted by molar-refractivity contribution is 8.04. The second kappa shape index (κ2) is 7.37. The van der Waals surface area contributed by atoms with Crippen molar-refractivity contribution in [2.24, 2.45) is 0 Å². The van der Waals surface area contributed by atoms with Gasteiger partial charge in [-0.25, -0.2) is 0 Å². The minimum absolute atomic E-state index is 0.0109. The maximum absolute atomic E-state index is 11.9. The molecule has 0 saturated carbocycles. The van der Waals surface area contributed by atoms with Gasteiger partial charge in [-0.1, -0.05) is 29.8 Å². The molecule has 0 saturated heterocycles. The van der Waals surface area contributed by atoms with Crippen LogP contribution < -0.4 is 5.32 Å². The van der Waals surface area contributed by atoms with Crippen molar-refractivity contribution in [2.45, 2.75) is 6.92 Å². The SMILES string of the molecule is CC(Cl)=C(SCCO)C(=O)Nc1ccccc1. The van der Waals surface area contributed by atoms with Crippen molar-refractivity contribution in [3.8, 4) is 0 Å². The zero-order valence-corrected chi connectivity index (χ0v) is 11.0. The van der Waals surface area contributed by atoms with Gasteiger partial charge in [-0.2, -0.15) is 0 Å². The number of amides is 1. The summed E-state index contributed by atoms with van der Waals surface area (Å²) in [6, 6.07) is 9.16. The summed E-state index contributed by atoms with van der Waals surface area (Å²) in [5, 5.41) is 11.9. The molecule has 0 bridgehead atoms. The number of nitrogens with one attached hydrogen (secondary N) is 1. The van der Waals surface area contributed by atoms with Gasteiger partial charge in [0.25, 0.3) is 5.91 Å². The Labute approximate surface area is 110 Å². The number of hydrogen-bond acceptors (Lipinski definition) is 3. The number of rotatable bonds is 5. The average Bonchev–Trinajstić information content (AvgIpc) is 2.30. The van der Waals surface area contributed by atoms with Crippen molar-refractivity contribution < 1.29 is 9.90 Å². The lowest BCUT2D eigenvalue weighted by atomic mass is 10.3. The van der Waals surface area contributed by atoms with E-state index in [4.69, 9.17) is 16.7 Å². The molecule has 5 heteroatoms. The van der Waals surface area contributed by atoms with E-state index in [0.717, 1.165) is 5.69 Å². The van der Waals surface area contributed by atoms with Crippen LogP contribution in [-0.4, -0.2) is 23.4 Å². The zero-order chi connectivity index (χ0) is 12.7. The third kappa shape index (κ3) is 4.81. The van der Waals surface area contributed by atoms with E-state index in [-0.39, 0.29) is 12.5 Å². The molecule has 0 radical (unpaired) electrons. The van der Waals surface area contributed by atoms with E-state index >= 15 is 0 Å². The van der Waals surface area contributed by atoms with E-state index in [1.54, 1.807) is 19.1 Å². The molecule has 0 heterocycles. The number of aliphatic hydroxyl groups excluding tert-OH is 1. The van der Waals surface area contributed by atoms with Gasteiger partial charge in [-0.05, 0) is 19.1 Å². The van der Waals surface area contributed by atoms with Crippen LogP contribution in [0.1, 0.15) is 6.92 Å². The van der Waals surface area contributed by atoms with Crippen molar-refractivity contribution in [1.29, 1.82) is 0 Å². The van der Waals surface area contributed by atoms with Gasteiger partial charge in [0.1, 0.15) is 0 Å². The van der Waals surface area contributed by atoms with E-state index in [0.29, 0.717) is 15.7 Å². The van der Waals surface area contributed by atoms with E-state index in [1.165, 1.54) is 11.8 Å². The second-order valence-electron chi connectivity index (χ2n) is 3.25. The Balaban J connectivity index is 2.70. The third-order valence-electron chi connectivity index (χ3n) is 1.89. The Morgan fingerprint density at radius 2 is 2.06 bits per heavy atom. The molecule has 2 N–H and O–H groups in total. The molecule has 1 rings (SSSR count). The molecule has 17 heavy (non-hydrogen) atoms. The monoisotopic (exact) mass is 271 g/mol. The first-order chi connectivity index (χ1) is 8.15. The van der Waals surface area contributed by atoms with Crippen LogP contribution in [0, 0.1) is 0 Å². The number of benzene rings is 1. The minimum atomic E-state index is -0.248. The molecule has 92 valence electrons. The van der Waals surface area contributed by atoms with Crippen LogP contribution in [0.25, 0.3) is 0 Å². The summed E-state index contributed by atoms with van der Waals surface area (Å²) >= 11 is 7.10. The van der Waals surface area contributed by atoms with Crippen LogP contribution in [-0.2, 0) is 4.79 Å². The third-order valence-corrected chi connectivity index (χ3v) is 3.36. The molecule has 0 aromatic heterocycles. The van der Waals surface area contributed by atoms with Crippen LogP contribution in [0.2, 0.25) is 0 Å². The maximum Gasteiger partial charge on any atom is 0.263 e. The summed E-state index contributed by atoms with van der Waals surface area (Å²) < 4.78 is 0. The summed E-state index contributed by atoms with van der Waals surface area (Å²) in [4.78, 5) is 12.3. The van der Waals surface area contributed by atoms with Crippen molar-refractivity contribution >= 4 is 35.0 Å². The number of halogens is 1. The van der Waals surface area contributed by atoms with Crippen LogP contribution in [0.5, 0.6) is 0 Å². The summed E-state index contributed by atoms with van der Waals surface area (Å²) in [5.41, 5.74) is 0.720. The van der Waals surface area contributed by atoms with Gasteiger partial charge < -0.3 is 10.4 Å². The summed E-state index contributed by atoms with van der Waals surface area (Å²) in [7, 11) is 0. The van der Waals surface area contributed by atoms with Crippen LogP contribution in [0.15, 0.2) is 40.3 Å². The van der Waals surface area contributed by atoms with E-state index < -0.39 is 0 Å². The molecule has 1 aromatic rings. The molecule has 0 aliphatic heterocycles. The summed E-state index contributed by atoms with van der Waals surface area (Å²) in [6.07, 6.45) is 0. The Hall–Kier alpha value is -0.970. The number of hydrogen-bond donors (Lipinski definition) is 2. The highest BCUT2D eigenvalue weighted by Gasteiger charge is 2.12. The second-order valence-corrected chi connectivity index (χ2v) is 4.93. The van der Waals surface area contributed by atoms with Gasteiger partial charge in [0.05, 0.1) is 11.5 Å². The Kier molecular flexibility index (Phi) is 6.11. The lowest BCUT2D eigenvalue weighted by molar-refractivity contribution is -0.112. The van der Waals surface area contributed by atoms with E-state index in [2.05, 4.69) is 5.32 Å². The molecule has 0 aliphatic rings. The number of carbonyl (C=O) groups is 1. The molecule has 1 amide bonds. The standard InChI is InChI=1S/C12H14ClNO2S/c1-9(13)11(17-8-7-15)12(16)14-10-5-3-2-4-6-10/h2-6,15H,7-8H2,1H3,(H,14,16). The Morgan fingerprint density at radius 3 is 2.59 bits per heavy atom. The van der Waals surface area contributed by atoms with Gasteiger partial charge in [0.15, 0.2) is 0 Å². The first-order valence-electron chi connectivity index (χ1n) is 5.11. The molecular formula is C12H14ClNO2S. The number of carbonyl (C=O) groups excluding carboxylic acids is 1. The van der Waals surface area contributed by atoms with Crippen molar-refractivity contribution in [1.82, 2.24) is 0 Å². The number of thioether (sulfide) groups is 1. The predicted molar refractivity (Wildman–Crippen MR) is 73.2 cm³/mol. The van der Waals surface area contributed by atoms with E-state index in [9.17, 15) is 4.79 Å². The largest absolute Gasteiger partial charge is 0.396 e. The van der Waals surface area contributed by atoms with Gasteiger partial charge in [0.2, 0.25) is 0 Å². The maximum atomic E-state index is 11.9. The average molecular weight is 272 g/mol. The van der Waals surface area contributed by atoms with E-state index in [1.807, 2.05) is 18.2 Å². The Morgan fingerprint density at radius 1 is 1.41 bits per heavy atom. The Bertz CT molecular complexity index is 402. The number of para-hydroxylation sites is 1. The molecule has 1 aromatic carbocycles. The number of allylic oxidation sites excluding steroid dienone is 1. The molecular weight excluding hydrogens is 258 g/mol. The number of aliphatic hydroxyl groups is 1. The quantitative estimate of drug-likeness (QED) is 0.810. The normalized spacial score (nSPS) is 11.9. The van der Waals surface area contributed by atoms with Crippen LogP contribution in [0.4, 0.5) is 5.69 Å². The van der Waals surface area contributed by atoms with Crippen LogP contribution >= 0.6 is 23.4 Å². The lowest BCUT2D eigenvalue weighted by Gasteiger charge is -2.08. The summed E-state index contributed by atoms with van der Waals surface area (Å²) in [5.74, 6) is 0.198. The molecule has 3 nitrogen and oxygen atoms in total. The summed E-state index contributed by atoms with van der Waals surface area (Å²) in [6.45, 7) is 1.67. The van der Waals surface area contributed by atoms with Crippen LogP contribution in [0.3, 0.4) is 0 Å². The predicted octanol–water partition coefficient (Wildman–Crippen LogP) is 2.82. The smallest absolute Gasteiger partial charge is 0.263 e. The molecule has 0 aliphatic carbocycles. The highest BCUT2D eigenvalue weighted by atomic mass is 35.5. The lowest BCUT2D eigenvalue weighted by Crippen LogP contribution is -2.14. The first-order valence-corrected chi connectivity index (χ1v) is 6.48. The molecule has 0 fully saturated rings. The molecule has 0 spiro atoms. The zero-order valence-electron chi connectivity index (χ0n) is 9.44. The van der Waals surface area contributed by atoms with Gasteiger partial charge >= 0.3 is 0 Å².